The minimum Gasteiger partial charge on any atom is -0.463 e. The van der Waals surface area contributed by atoms with E-state index in [4.69, 9.17) is 32.3 Å². The van der Waals surface area contributed by atoms with Gasteiger partial charge in [0, 0.05) is 19.3 Å². The monoisotopic (exact) mass is 1520 g/mol. The second-order valence-electron chi connectivity index (χ2n) is 27.9. The van der Waals surface area contributed by atoms with Crippen LogP contribution in [0.4, 0.5) is 0 Å². The molecule has 0 fully saturated rings. The second-order valence-corrected chi connectivity index (χ2v) is 30.8. The molecular formula is C87H152O16P2. The number of hydrogen-bond acceptors (Lipinski definition) is 14. The molecule has 0 saturated heterocycles. The van der Waals surface area contributed by atoms with Gasteiger partial charge in [-0.15, -0.1) is 0 Å². The van der Waals surface area contributed by atoms with Crippen LogP contribution in [0.15, 0.2) is 122 Å². The topological polar surface area (TPSA) is 231 Å². The lowest BCUT2D eigenvalue weighted by Gasteiger charge is -2.21. The van der Waals surface area contributed by atoms with Gasteiger partial charge in [-0.25, -0.2) is 9.13 Å². The first kappa shape index (κ1) is 101. The van der Waals surface area contributed by atoms with Crippen molar-refractivity contribution in [1.29, 1.82) is 0 Å². The van der Waals surface area contributed by atoms with E-state index in [1.165, 1.54) is 148 Å². The quantitative estimate of drug-likeness (QED) is 0.0146. The number of aliphatic hydroxyl groups excluding tert-OH is 2. The molecule has 0 spiro atoms. The van der Waals surface area contributed by atoms with Crippen molar-refractivity contribution < 1.29 is 75.8 Å². The lowest BCUT2D eigenvalue weighted by atomic mass is 10.0. The molecule has 4 N–H and O–H groups in total. The molecule has 16 nitrogen and oxygen atoms in total. The number of carbonyl (C=O) groups excluding carboxylic acids is 3. The average molecular weight is 1520 g/mol. The Hall–Kier alpha value is -4.05. The van der Waals surface area contributed by atoms with E-state index in [9.17, 15) is 43.5 Å². The number of aliphatic hydroxyl groups is 2. The van der Waals surface area contributed by atoms with Crippen molar-refractivity contribution >= 4 is 33.6 Å². The normalized spacial score (nSPS) is 14.5. The maximum Gasteiger partial charge on any atom is 0.472 e. The number of esters is 3. The molecule has 0 aliphatic rings. The molecule has 0 amide bonds. The van der Waals surface area contributed by atoms with E-state index >= 15 is 0 Å². The molecule has 5 unspecified atom stereocenters. The summed E-state index contributed by atoms with van der Waals surface area (Å²) in [6, 6.07) is 0. The van der Waals surface area contributed by atoms with Crippen LogP contribution in [0.1, 0.15) is 355 Å². The number of rotatable bonds is 79. The summed E-state index contributed by atoms with van der Waals surface area (Å²) in [4.78, 5) is 58.7. The molecule has 0 aliphatic carbocycles. The molecule has 0 aromatic carbocycles. The van der Waals surface area contributed by atoms with Gasteiger partial charge in [-0.2, -0.15) is 0 Å². The lowest BCUT2D eigenvalue weighted by Crippen LogP contribution is -2.30. The molecular weight excluding hydrogens is 1360 g/mol. The van der Waals surface area contributed by atoms with Gasteiger partial charge in [0.25, 0.3) is 0 Å². The number of phosphoric ester groups is 2. The zero-order valence-electron chi connectivity index (χ0n) is 66.4. The van der Waals surface area contributed by atoms with E-state index in [2.05, 4.69) is 142 Å². The summed E-state index contributed by atoms with van der Waals surface area (Å²) in [7, 11) is -9.79. The number of allylic oxidation sites excluding steroid dienone is 20. The summed E-state index contributed by atoms with van der Waals surface area (Å²) in [5, 5.41) is 20.7. The lowest BCUT2D eigenvalue weighted by molar-refractivity contribution is -0.161. The highest BCUT2D eigenvalue weighted by Gasteiger charge is 2.29. The third kappa shape index (κ3) is 80.8. The second kappa shape index (κ2) is 79.5. The summed E-state index contributed by atoms with van der Waals surface area (Å²) >= 11 is 0. The third-order valence-corrected chi connectivity index (χ3v) is 19.6. The fourth-order valence-electron chi connectivity index (χ4n) is 11.3. The molecule has 0 aromatic heterocycles. The Balaban J connectivity index is 4.49. The van der Waals surface area contributed by atoms with Gasteiger partial charge in [-0.3, -0.25) is 32.5 Å². The standard InChI is InChI=1S/C87H152O16P2/c1-4-7-10-13-16-19-22-25-27-29-31-33-35-37-39-40-42-44-45-47-49-51-53-56-58-61-64-67-70-73-85(90)97-76-82(88)77-99-104(93,94)100-78-83(89)79-101-105(95,96)102-81-84(103-87(92)75-72-69-66-63-60-55-24-21-18-15-12-9-6-3)80-98-86(91)74-71-68-65-62-59-57-54-52-50-48-46-43-41-38-36-34-32-30-28-26-23-20-17-14-11-8-5-2/h7,10,16-17,19-20,25-28,31-34,37-39,41-42,44,82-84,88-89H,4-6,8-9,11-15,18,21-24,29-30,35-36,40,43,45-81H2,1-3H3,(H,93,94)(H,95,96)/b10-7-,19-16-,20-17-,27-25-,28-26-,33-31-,34-32-,39-37-,41-38-,44-42-. The van der Waals surface area contributed by atoms with Crippen molar-refractivity contribution in [1.82, 2.24) is 0 Å². The Labute approximate surface area is 640 Å². The molecule has 0 rings (SSSR count). The highest BCUT2D eigenvalue weighted by atomic mass is 31.2. The number of unbranched alkanes of at least 4 members (excludes halogenated alkanes) is 36. The zero-order chi connectivity index (χ0) is 76.6. The van der Waals surface area contributed by atoms with Crippen LogP contribution in [-0.2, 0) is 55.8 Å². The number of phosphoric acid groups is 2. The van der Waals surface area contributed by atoms with Gasteiger partial charge in [0.05, 0.1) is 26.4 Å². The molecule has 0 saturated carbocycles. The Kier molecular flexibility index (Phi) is 76.4. The largest absolute Gasteiger partial charge is 0.472 e. The van der Waals surface area contributed by atoms with Gasteiger partial charge in [-0.1, -0.05) is 341 Å². The number of hydrogen-bond donors (Lipinski definition) is 4. The predicted octanol–water partition coefficient (Wildman–Crippen LogP) is 24.9. The fraction of sp³-hybridized carbons (Fsp3) is 0.736. The molecule has 0 radical (unpaired) electrons. The summed E-state index contributed by atoms with van der Waals surface area (Å²) in [6.45, 7) is 2.57. The first-order valence-electron chi connectivity index (χ1n) is 41.8. The van der Waals surface area contributed by atoms with Gasteiger partial charge in [-0.05, 0) is 116 Å². The number of ether oxygens (including phenoxy) is 3. The van der Waals surface area contributed by atoms with Gasteiger partial charge in [0.2, 0.25) is 0 Å². The van der Waals surface area contributed by atoms with E-state index in [-0.39, 0.29) is 19.3 Å². The van der Waals surface area contributed by atoms with Crippen LogP contribution in [0.5, 0.6) is 0 Å². The average Bonchev–Trinajstić information content (AvgIpc) is 0.912. The van der Waals surface area contributed by atoms with Gasteiger partial charge in [0.15, 0.2) is 6.10 Å². The van der Waals surface area contributed by atoms with Crippen LogP contribution in [0.3, 0.4) is 0 Å². The van der Waals surface area contributed by atoms with Gasteiger partial charge < -0.3 is 34.2 Å². The summed E-state index contributed by atoms with van der Waals surface area (Å²) in [6.07, 6.45) is 95.3. The van der Waals surface area contributed by atoms with E-state index < -0.39 is 91.5 Å². The maximum atomic E-state index is 13.0. The van der Waals surface area contributed by atoms with Crippen LogP contribution in [0.25, 0.3) is 0 Å². The SMILES string of the molecule is CC/C=C\C/C=C\C/C=C\C/C=C\C/C=C\C/C=C\CCCCCCCCCCCCC(=O)OCC(O)COP(=O)(O)OCC(O)COP(=O)(O)OCC(COC(=O)CCCCCCCCCCCCC/C=C\C/C=C\C/C=C\C/C=C\CCCCC)OC(=O)CCCCCCCCCCCCCCC. The van der Waals surface area contributed by atoms with Crippen molar-refractivity contribution in [3.05, 3.63) is 122 Å². The molecule has 0 aliphatic heterocycles. The summed E-state index contributed by atoms with van der Waals surface area (Å²) in [5.41, 5.74) is 0. The molecule has 0 heterocycles. The Morgan fingerprint density at radius 1 is 0.276 bits per heavy atom. The van der Waals surface area contributed by atoms with Crippen molar-refractivity contribution in [3.8, 4) is 0 Å². The number of carbonyl (C=O) groups is 3. The first-order valence-corrected chi connectivity index (χ1v) is 44.8. The summed E-state index contributed by atoms with van der Waals surface area (Å²) < 4.78 is 61.2. The third-order valence-electron chi connectivity index (χ3n) is 17.7. The highest BCUT2D eigenvalue weighted by Crippen LogP contribution is 2.45. The Morgan fingerprint density at radius 3 is 0.819 bits per heavy atom. The molecule has 5 atom stereocenters. The van der Waals surface area contributed by atoms with Crippen LogP contribution >= 0.6 is 15.6 Å². The molecule has 105 heavy (non-hydrogen) atoms. The van der Waals surface area contributed by atoms with Crippen molar-refractivity contribution in [2.45, 2.75) is 373 Å². The van der Waals surface area contributed by atoms with Gasteiger partial charge in [0.1, 0.15) is 25.4 Å². The van der Waals surface area contributed by atoms with Crippen LogP contribution in [0, 0.1) is 0 Å². The molecule has 606 valence electrons. The maximum absolute atomic E-state index is 13.0. The van der Waals surface area contributed by atoms with Crippen LogP contribution < -0.4 is 0 Å². The van der Waals surface area contributed by atoms with E-state index in [1.807, 2.05) is 0 Å². The highest BCUT2D eigenvalue weighted by molar-refractivity contribution is 7.47. The zero-order valence-corrected chi connectivity index (χ0v) is 68.2. The smallest absolute Gasteiger partial charge is 0.463 e. The molecule has 0 bridgehead atoms. The Morgan fingerprint density at radius 2 is 0.505 bits per heavy atom. The Bertz CT molecular complexity index is 2390. The van der Waals surface area contributed by atoms with E-state index in [0.29, 0.717) is 19.3 Å². The predicted molar refractivity (Wildman–Crippen MR) is 436 cm³/mol. The van der Waals surface area contributed by atoms with Crippen LogP contribution in [0.2, 0.25) is 0 Å². The van der Waals surface area contributed by atoms with Crippen molar-refractivity contribution in [2.75, 3.05) is 39.6 Å². The minimum atomic E-state index is -4.93. The minimum absolute atomic E-state index is 0.107. The van der Waals surface area contributed by atoms with Gasteiger partial charge >= 0.3 is 33.6 Å². The first-order chi connectivity index (χ1) is 51.2. The summed E-state index contributed by atoms with van der Waals surface area (Å²) in [5.74, 6) is -1.57. The molecule has 18 heteroatoms. The van der Waals surface area contributed by atoms with Crippen LogP contribution in [-0.4, -0.2) is 95.9 Å². The van der Waals surface area contributed by atoms with Crippen molar-refractivity contribution in [2.24, 2.45) is 0 Å². The van der Waals surface area contributed by atoms with E-state index in [0.717, 1.165) is 148 Å². The van der Waals surface area contributed by atoms with Crippen molar-refractivity contribution in [3.63, 3.8) is 0 Å². The van der Waals surface area contributed by atoms with E-state index in [1.54, 1.807) is 0 Å². The molecule has 0 aromatic rings. The fourth-order valence-corrected chi connectivity index (χ4v) is 12.9.